The Morgan fingerprint density at radius 2 is 0.486 bits per heavy atom. The van der Waals surface area contributed by atoms with Crippen molar-refractivity contribution >= 4 is 7.82 Å². The summed E-state index contributed by atoms with van der Waals surface area (Å²) in [6.45, 7) is -6.47. The molecule has 434 valence electrons. The fourth-order valence-electron chi connectivity index (χ4n) is 9.09. The molecule has 0 saturated carbocycles. The molecule has 12 bridgehead atoms. The molecule has 19 N–H and O–H groups in total. The second kappa shape index (κ2) is 26.5. The minimum absolute atomic E-state index is 1.02. The van der Waals surface area contributed by atoms with Gasteiger partial charge in [0.05, 0.1) is 39.6 Å². The first-order chi connectivity index (χ1) is 34.8. The van der Waals surface area contributed by atoms with Gasteiger partial charge in [-0.2, -0.15) is 0 Å². The number of phosphoric acid groups is 1. The second-order valence-corrected chi connectivity index (χ2v) is 20.0. The molecule has 22 rings (SSSR count). The molecule has 0 amide bonds. The Bertz CT molecular complexity index is 1750. The van der Waals surface area contributed by atoms with Crippen molar-refractivity contribution in [2.24, 2.45) is 0 Å². The topological polar surface area (TPSA) is 525 Å². The molecule has 22 heterocycles. The van der Waals surface area contributed by atoms with E-state index in [1.54, 1.807) is 0 Å². The van der Waals surface area contributed by atoms with Crippen molar-refractivity contribution in [3.63, 3.8) is 0 Å². The van der Waals surface area contributed by atoms with Gasteiger partial charge in [-0.1, -0.05) is 0 Å². The standard InChI is InChI=1S/C36H61O33P.C3H9N/c37-1-7-25-13(42)19(48)31(58-7)65-26-8(2-38)60-33(21(50)15(26)44)67-28-10(4-40)62-35(23(52)17(28)46)69-30-12(6-57-70(54,55)56)63-36(24(53)18(30)47)68-29-11(5-41)61-34(22(51)16(29)45)66-27-9(3-39)59-32(64-25)20(49)14(27)43;1-4(2)3/h7-53H,1-6H2,(H2,54,55,56);1-3H3/t7-,8-,9-,10-,11-,12-,13-,14-,15-,16-,17-,18-,19-,20-,21-,22-,23-,24-,25-,26-,27-,28-,29-,30-,31-,32-,33-,34-,35-,36-;/m1./s1. The van der Waals surface area contributed by atoms with Gasteiger partial charge in [0.15, 0.2) is 37.7 Å². The molecule has 0 unspecified atom stereocenters. The monoisotopic (exact) mass is 1110 g/mol. The third-order valence-corrected chi connectivity index (χ3v) is 13.4. The Morgan fingerprint density at radius 1 is 0.324 bits per heavy atom. The van der Waals surface area contributed by atoms with Gasteiger partial charge in [0.2, 0.25) is 0 Å². The molecular formula is C39H70NO33P. The number of ether oxygens (including phenoxy) is 12. The zero-order valence-electron chi connectivity index (χ0n) is 39.7. The van der Waals surface area contributed by atoms with Crippen LogP contribution in [0.4, 0.5) is 0 Å². The molecule has 35 heteroatoms. The van der Waals surface area contributed by atoms with Crippen molar-refractivity contribution in [3.8, 4) is 0 Å². The van der Waals surface area contributed by atoms with Gasteiger partial charge < -0.3 is 158 Å². The first-order valence-corrected chi connectivity index (χ1v) is 24.7. The average molecular weight is 1110 g/mol. The lowest BCUT2D eigenvalue weighted by Crippen LogP contribution is -2.69. The van der Waals surface area contributed by atoms with E-state index in [9.17, 15) is 101 Å². The second-order valence-electron chi connectivity index (χ2n) is 18.8. The summed E-state index contributed by atoms with van der Waals surface area (Å²) in [6, 6.07) is 0. The smallest absolute Gasteiger partial charge is 0.394 e. The van der Waals surface area contributed by atoms with Gasteiger partial charge in [-0.3, -0.25) is 4.52 Å². The summed E-state index contributed by atoms with van der Waals surface area (Å²) >= 11 is 0. The normalized spacial score (nSPS) is 50.7. The quantitative estimate of drug-likeness (QED) is 0.100. The van der Waals surface area contributed by atoms with E-state index in [1.165, 1.54) is 0 Å². The lowest BCUT2D eigenvalue weighted by Gasteiger charge is -2.50. The molecular weight excluding hydrogens is 1040 g/mol. The number of rotatable bonds is 8. The van der Waals surface area contributed by atoms with Crippen LogP contribution in [-0.2, 0) is 65.9 Å². The molecule has 30 atom stereocenters. The van der Waals surface area contributed by atoms with Crippen molar-refractivity contribution in [2.75, 3.05) is 60.8 Å². The Labute approximate surface area is 419 Å². The van der Waals surface area contributed by atoms with Gasteiger partial charge in [-0.05, 0) is 21.1 Å². The first-order valence-electron chi connectivity index (χ1n) is 23.2. The van der Waals surface area contributed by atoms with E-state index in [1.807, 2.05) is 26.0 Å². The molecule has 22 fully saturated rings. The zero-order chi connectivity index (χ0) is 54.8. The van der Waals surface area contributed by atoms with E-state index in [2.05, 4.69) is 4.52 Å². The molecule has 0 aromatic rings. The molecule has 22 aliphatic rings. The molecule has 0 spiro atoms. The van der Waals surface area contributed by atoms with Crippen molar-refractivity contribution < 1.29 is 163 Å². The molecule has 74 heavy (non-hydrogen) atoms. The fraction of sp³-hybridized carbons (Fsp3) is 1.00. The number of hydrogen-bond donors (Lipinski definition) is 19. The summed E-state index contributed by atoms with van der Waals surface area (Å²) in [6.07, 6.45) is -61.3. The van der Waals surface area contributed by atoms with Crippen molar-refractivity contribution in [2.45, 2.75) is 184 Å². The van der Waals surface area contributed by atoms with Gasteiger partial charge in [0.25, 0.3) is 0 Å². The largest absolute Gasteiger partial charge is 0.469 e. The van der Waals surface area contributed by atoms with Crippen LogP contribution in [0.25, 0.3) is 0 Å². The van der Waals surface area contributed by atoms with E-state index in [-0.39, 0.29) is 0 Å². The number of nitrogens with zero attached hydrogens (tertiary/aromatic N) is 1. The predicted octanol–water partition coefficient (Wildman–Crippen LogP) is -12.8. The molecule has 0 aromatic carbocycles. The zero-order valence-corrected chi connectivity index (χ0v) is 40.6. The summed E-state index contributed by atoms with van der Waals surface area (Å²) in [7, 11) is 0.629. The molecule has 0 aromatic heterocycles. The van der Waals surface area contributed by atoms with Crippen LogP contribution in [0.5, 0.6) is 0 Å². The van der Waals surface area contributed by atoms with E-state index in [0.29, 0.717) is 0 Å². The van der Waals surface area contributed by atoms with Crippen molar-refractivity contribution in [1.82, 2.24) is 4.90 Å². The molecule has 0 radical (unpaired) electrons. The van der Waals surface area contributed by atoms with Gasteiger partial charge in [0.1, 0.15) is 146 Å². The van der Waals surface area contributed by atoms with Gasteiger partial charge in [0, 0.05) is 0 Å². The van der Waals surface area contributed by atoms with Crippen LogP contribution >= 0.6 is 7.82 Å². The molecule has 34 nitrogen and oxygen atoms in total. The van der Waals surface area contributed by atoms with E-state index in [0.717, 1.165) is 0 Å². The van der Waals surface area contributed by atoms with Gasteiger partial charge in [-0.15, -0.1) is 0 Å². The van der Waals surface area contributed by atoms with Crippen LogP contribution in [0.1, 0.15) is 0 Å². The van der Waals surface area contributed by atoms with E-state index in [4.69, 9.17) is 56.8 Å². The maximum Gasteiger partial charge on any atom is 0.469 e. The summed E-state index contributed by atoms with van der Waals surface area (Å²) in [5, 5.41) is 186. The van der Waals surface area contributed by atoms with Crippen LogP contribution < -0.4 is 0 Å². The van der Waals surface area contributed by atoms with Crippen LogP contribution in [0, 0.1) is 0 Å². The minimum atomic E-state index is -5.37. The van der Waals surface area contributed by atoms with Gasteiger partial charge >= 0.3 is 7.82 Å². The number of hydrogen-bond acceptors (Lipinski definition) is 32. The number of phosphoric ester groups is 1. The average Bonchev–Trinajstić information content (AvgIpc) is 3.35. The lowest BCUT2D eigenvalue weighted by atomic mass is 9.94. The van der Waals surface area contributed by atoms with Crippen LogP contribution in [-0.4, -0.2) is 347 Å². The Balaban J connectivity index is 0.00000215. The van der Waals surface area contributed by atoms with Crippen molar-refractivity contribution in [3.05, 3.63) is 0 Å². The van der Waals surface area contributed by atoms with Crippen molar-refractivity contribution in [1.29, 1.82) is 0 Å². The Morgan fingerprint density at radius 3 is 0.649 bits per heavy atom. The maximum absolute atomic E-state index is 11.8. The molecule has 22 aliphatic heterocycles. The third kappa shape index (κ3) is 13.7. The number of aliphatic hydroxyl groups is 17. The van der Waals surface area contributed by atoms with Crippen LogP contribution in [0.15, 0.2) is 0 Å². The highest BCUT2D eigenvalue weighted by Gasteiger charge is 2.59. The Hall–Kier alpha value is -1.09. The molecule has 0 aliphatic carbocycles. The minimum Gasteiger partial charge on any atom is -0.394 e. The van der Waals surface area contributed by atoms with Crippen LogP contribution in [0.3, 0.4) is 0 Å². The lowest BCUT2D eigenvalue weighted by molar-refractivity contribution is -0.404. The maximum atomic E-state index is 11.8. The highest BCUT2D eigenvalue weighted by Crippen LogP contribution is 2.40. The predicted molar refractivity (Wildman–Crippen MR) is 226 cm³/mol. The highest BCUT2D eigenvalue weighted by atomic mass is 31.2. The van der Waals surface area contributed by atoms with Gasteiger partial charge in [-0.25, -0.2) is 4.57 Å². The summed E-state index contributed by atoms with van der Waals surface area (Å²) < 4.78 is 84.1. The molecule has 22 saturated heterocycles. The van der Waals surface area contributed by atoms with Crippen LogP contribution in [0.2, 0.25) is 0 Å². The summed E-state index contributed by atoms with van der Waals surface area (Å²) in [5.74, 6) is 0. The van der Waals surface area contributed by atoms with E-state index >= 15 is 0 Å². The highest BCUT2D eigenvalue weighted by molar-refractivity contribution is 7.46. The first kappa shape index (κ1) is 62.1. The number of aliphatic hydroxyl groups excluding tert-OH is 17. The summed E-state index contributed by atoms with van der Waals surface area (Å²) in [4.78, 5) is 21.0. The fourth-order valence-corrected chi connectivity index (χ4v) is 9.43. The third-order valence-electron chi connectivity index (χ3n) is 12.9. The van der Waals surface area contributed by atoms with E-state index < -0.39 is 232 Å². The SMILES string of the molecule is CN(C)C.O=P(O)(O)OC[C@H]1O[C@@H]2O[C@H]3[C@H](O)[C@@H](O)[C@@H](O[C@H]4[C@H](O)[C@@H](O)[C@@H](O[C@H]5[C@H](O)[C@@H](O)[C@@H](O[C@H]6[C@H](O)[C@@H](O)[C@@H](O[C@H]7[C@H](O)[C@@H](O)[C@@H](O[C@H]1[C@H](O)[C@H]2O)O[C@@H]7CO)O[C@@H]6CO)O[C@@H]5CO)O[C@@H]4CO)O[C@@H]3CO. The Kier molecular flexibility index (Phi) is 22.2. The summed E-state index contributed by atoms with van der Waals surface area (Å²) in [5.41, 5.74) is 0.